The standard InChI is InChI=1S/C31H42N8O3/c1-31(2,3)42-30(41)39-18-21-10-11-38(19-23(21)20-39)26-16-22-17-32-29(34-27(22)36(5)28(26)40)33-24-6-8-25(9-7-24)37-14-12-35(4)13-15-37/h6-9,16-17,21,23H,10-15,18-20H2,1-5H3,(H,32,33,34). The number of likely N-dealkylation sites (N-methyl/N-ethyl adjacent to an activating group) is 1. The number of aromatic nitrogens is 3. The van der Waals surface area contributed by atoms with Crippen molar-refractivity contribution in [2.75, 3.05) is 74.5 Å². The van der Waals surface area contributed by atoms with E-state index < -0.39 is 5.60 Å². The van der Waals surface area contributed by atoms with Crippen molar-refractivity contribution in [3.05, 3.63) is 46.9 Å². The minimum Gasteiger partial charge on any atom is -0.444 e. The fraction of sp³-hybridized carbons (Fsp3) is 0.548. The number of carbonyl (C=O) groups is 1. The molecule has 6 rings (SSSR count). The summed E-state index contributed by atoms with van der Waals surface area (Å²) in [5, 5.41) is 4.11. The van der Waals surface area contributed by atoms with Crippen LogP contribution >= 0.6 is 0 Å². The average Bonchev–Trinajstić information content (AvgIpc) is 3.39. The molecule has 11 heteroatoms. The molecule has 0 saturated carbocycles. The molecule has 3 aromatic rings. The number of aryl methyl sites for hydroxylation is 1. The predicted octanol–water partition coefficient (Wildman–Crippen LogP) is 3.52. The monoisotopic (exact) mass is 574 g/mol. The number of nitrogens with zero attached hydrogens (tertiary/aromatic N) is 7. The van der Waals surface area contributed by atoms with Crippen LogP contribution < -0.4 is 20.7 Å². The lowest BCUT2D eigenvalue weighted by molar-refractivity contribution is 0.0285. The normalized spacial score (nSPS) is 21.5. The minimum atomic E-state index is -0.513. The van der Waals surface area contributed by atoms with Gasteiger partial charge in [-0.2, -0.15) is 4.98 Å². The molecule has 11 nitrogen and oxygen atoms in total. The highest BCUT2D eigenvalue weighted by molar-refractivity contribution is 5.80. The van der Waals surface area contributed by atoms with E-state index in [0.29, 0.717) is 42.2 Å². The van der Waals surface area contributed by atoms with Gasteiger partial charge in [-0.05, 0) is 76.4 Å². The second kappa shape index (κ2) is 11.1. The lowest BCUT2D eigenvalue weighted by Crippen LogP contribution is -2.44. The van der Waals surface area contributed by atoms with Crippen molar-refractivity contribution in [3.8, 4) is 0 Å². The topological polar surface area (TPSA) is 99.1 Å². The highest BCUT2D eigenvalue weighted by Crippen LogP contribution is 2.34. The van der Waals surface area contributed by atoms with E-state index >= 15 is 0 Å². The summed E-state index contributed by atoms with van der Waals surface area (Å²) in [4.78, 5) is 44.2. The number of hydrogen-bond acceptors (Lipinski definition) is 9. The molecule has 42 heavy (non-hydrogen) atoms. The summed E-state index contributed by atoms with van der Waals surface area (Å²) >= 11 is 0. The van der Waals surface area contributed by atoms with Crippen molar-refractivity contribution >= 4 is 40.1 Å². The van der Waals surface area contributed by atoms with Gasteiger partial charge in [0.15, 0.2) is 0 Å². The number of nitrogens with one attached hydrogen (secondary N) is 1. The number of likely N-dealkylation sites (tertiary alicyclic amines) is 1. The zero-order chi connectivity index (χ0) is 29.6. The van der Waals surface area contributed by atoms with Crippen LogP contribution in [0.4, 0.5) is 27.8 Å². The Morgan fingerprint density at radius 1 is 0.952 bits per heavy atom. The van der Waals surface area contributed by atoms with Gasteiger partial charge in [-0.1, -0.05) is 0 Å². The Kier molecular flexibility index (Phi) is 7.46. The van der Waals surface area contributed by atoms with E-state index in [1.54, 1.807) is 17.8 Å². The molecule has 3 aliphatic heterocycles. The maximum atomic E-state index is 13.5. The van der Waals surface area contributed by atoms with Crippen molar-refractivity contribution in [1.82, 2.24) is 24.3 Å². The number of amides is 1. The zero-order valence-electron chi connectivity index (χ0n) is 25.3. The molecule has 3 fully saturated rings. The molecule has 224 valence electrons. The fourth-order valence-electron chi connectivity index (χ4n) is 6.33. The number of benzene rings is 1. The number of piperidine rings is 1. The summed E-state index contributed by atoms with van der Waals surface area (Å²) in [5.41, 5.74) is 2.76. The van der Waals surface area contributed by atoms with Gasteiger partial charge < -0.3 is 29.7 Å². The molecule has 1 N–H and O–H groups in total. The number of ether oxygens (including phenoxy) is 1. The zero-order valence-corrected chi connectivity index (χ0v) is 25.3. The highest BCUT2D eigenvalue weighted by Gasteiger charge is 2.40. The molecule has 0 spiro atoms. The Hall–Kier alpha value is -3.86. The first kappa shape index (κ1) is 28.3. The highest BCUT2D eigenvalue weighted by atomic mass is 16.6. The lowest BCUT2D eigenvalue weighted by atomic mass is 9.88. The third kappa shape index (κ3) is 5.88. The van der Waals surface area contributed by atoms with Crippen LogP contribution in [0.5, 0.6) is 0 Å². The molecule has 3 aliphatic rings. The van der Waals surface area contributed by atoms with Gasteiger partial charge in [0.2, 0.25) is 5.95 Å². The molecule has 2 atom stereocenters. The third-order valence-electron chi connectivity index (χ3n) is 8.72. The van der Waals surface area contributed by atoms with Gasteiger partial charge in [0.05, 0.1) is 0 Å². The molecule has 1 amide bonds. The Morgan fingerprint density at radius 2 is 1.67 bits per heavy atom. The minimum absolute atomic E-state index is 0.0795. The Morgan fingerprint density at radius 3 is 2.38 bits per heavy atom. The van der Waals surface area contributed by atoms with E-state index in [4.69, 9.17) is 9.72 Å². The summed E-state index contributed by atoms with van der Waals surface area (Å²) in [7, 11) is 3.92. The number of anilines is 4. The molecule has 0 bridgehead atoms. The first-order valence-corrected chi connectivity index (χ1v) is 14.9. The van der Waals surface area contributed by atoms with Crippen LogP contribution in [0.15, 0.2) is 41.3 Å². The van der Waals surface area contributed by atoms with E-state index in [2.05, 4.69) is 44.2 Å². The Labute approximate surface area is 247 Å². The summed E-state index contributed by atoms with van der Waals surface area (Å²) < 4.78 is 7.21. The van der Waals surface area contributed by atoms with Gasteiger partial charge >= 0.3 is 6.09 Å². The van der Waals surface area contributed by atoms with Gasteiger partial charge in [0, 0.05) is 82.4 Å². The van der Waals surface area contributed by atoms with E-state index in [1.165, 1.54) is 5.69 Å². The molecule has 0 radical (unpaired) electrons. The molecule has 1 aromatic carbocycles. The summed E-state index contributed by atoms with van der Waals surface area (Å²) in [6.07, 6.45) is 2.45. The third-order valence-corrected chi connectivity index (χ3v) is 8.72. The van der Waals surface area contributed by atoms with Crippen molar-refractivity contribution in [2.45, 2.75) is 32.8 Å². The van der Waals surface area contributed by atoms with Crippen molar-refractivity contribution in [1.29, 1.82) is 0 Å². The second-order valence-corrected chi connectivity index (χ2v) is 13.0. The number of rotatable bonds is 4. The van der Waals surface area contributed by atoms with Crippen LogP contribution in [0.1, 0.15) is 27.2 Å². The average molecular weight is 575 g/mol. The SMILES string of the molecule is CN1CCN(c2ccc(Nc3ncc4cc(N5CCC6CN(C(=O)OC(C)(C)C)CC6C5)c(=O)n(C)c4n3)cc2)CC1. The van der Waals surface area contributed by atoms with Crippen LogP contribution in [0.25, 0.3) is 11.0 Å². The molecule has 0 aliphatic carbocycles. The van der Waals surface area contributed by atoms with Gasteiger partial charge in [0.25, 0.3) is 5.56 Å². The summed E-state index contributed by atoms with van der Waals surface area (Å²) in [6.45, 7) is 12.7. The quantitative estimate of drug-likeness (QED) is 0.502. The lowest BCUT2D eigenvalue weighted by Gasteiger charge is -2.35. The number of hydrogen-bond donors (Lipinski definition) is 1. The second-order valence-electron chi connectivity index (χ2n) is 13.0. The molecule has 2 unspecified atom stereocenters. The van der Waals surface area contributed by atoms with Crippen molar-refractivity contribution in [2.24, 2.45) is 18.9 Å². The van der Waals surface area contributed by atoms with Crippen LogP contribution in [0, 0.1) is 11.8 Å². The number of piperazine rings is 1. The number of pyridine rings is 1. The molecule has 2 aromatic heterocycles. The van der Waals surface area contributed by atoms with Crippen LogP contribution in [-0.2, 0) is 11.8 Å². The van der Waals surface area contributed by atoms with Crippen LogP contribution in [-0.4, -0.2) is 95.4 Å². The first-order valence-electron chi connectivity index (χ1n) is 14.9. The van der Waals surface area contributed by atoms with E-state index in [1.807, 2.05) is 43.9 Å². The Balaban J connectivity index is 1.15. The van der Waals surface area contributed by atoms with Crippen LogP contribution in [0.3, 0.4) is 0 Å². The fourth-order valence-corrected chi connectivity index (χ4v) is 6.33. The van der Waals surface area contributed by atoms with Crippen LogP contribution in [0.2, 0.25) is 0 Å². The maximum absolute atomic E-state index is 13.5. The van der Waals surface area contributed by atoms with Gasteiger partial charge in [-0.15, -0.1) is 0 Å². The molecule has 5 heterocycles. The summed E-state index contributed by atoms with van der Waals surface area (Å²) in [5.74, 6) is 1.18. The Bertz CT molecular complexity index is 1510. The number of carbonyl (C=O) groups excluding carboxylic acids is 1. The molecular formula is C31H42N8O3. The van der Waals surface area contributed by atoms with Crippen molar-refractivity contribution in [3.63, 3.8) is 0 Å². The number of fused-ring (bicyclic) bond motifs is 2. The van der Waals surface area contributed by atoms with E-state index in [0.717, 1.165) is 56.8 Å². The summed E-state index contributed by atoms with van der Waals surface area (Å²) in [6, 6.07) is 10.2. The van der Waals surface area contributed by atoms with Gasteiger partial charge in [-0.3, -0.25) is 9.36 Å². The smallest absolute Gasteiger partial charge is 0.410 e. The largest absolute Gasteiger partial charge is 0.444 e. The van der Waals surface area contributed by atoms with E-state index in [9.17, 15) is 9.59 Å². The molecule has 3 saturated heterocycles. The molecular weight excluding hydrogens is 532 g/mol. The van der Waals surface area contributed by atoms with Gasteiger partial charge in [-0.25, -0.2) is 9.78 Å². The first-order chi connectivity index (χ1) is 20.0. The van der Waals surface area contributed by atoms with Crippen molar-refractivity contribution < 1.29 is 9.53 Å². The maximum Gasteiger partial charge on any atom is 0.410 e. The predicted molar refractivity (Wildman–Crippen MR) is 166 cm³/mol. The van der Waals surface area contributed by atoms with E-state index in [-0.39, 0.29) is 11.7 Å². The van der Waals surface area contributed by atoms with Gasteiger partial charge in [0.1, 0.15) is 16.9 Å².